The van der Waals surface area contributed by atoms with Crippen LogP contribution in [0.1, 0.15) is 78.6 Å². The predicted octanol–water partition coefficient (Wildman–Crippen LogP) is 4.82. The van der Waals surface area contributed by atoms with Crippen LogP contribution in [0.15, 0.2) is 12.7 Å². The molecule has 0 saturated carbocycles. The van der Waals surface area contributed by atoms with Crippen molar-refractivity contribution < 1.29 is 19.1 Å². The molecule has 134 valence electrons. The van der Waals surface area contributed by atoms with Crippen LogP contribution in [0.5, 0.6) is 0 Å². The van der Waals surface area contributed by atoms with E-state index in [2.05, 4.69) is 13.5 Å². The topological polar surface area (TPSA) is 52.6 Å². The molecule has 4 nitrogen and oxygen atoms in total. The SMILES string of the molecule is C=CCC(CCCCCCCCC)(C(=O)OCC)C(=O)OCC. The van der Waals surface area contributed by atoms with Crippen molar-refractivity contribution in [2.24, 2.45) is 5.41 Å². The second-order valence-corrected chi connectivity index (χ2v) is 5.89. The Balaban J connectivity index is 4.71. The first kappa shape index (κ1) is 21.7. The highest BCUT2D eigenvalue weighted by Crippen LogP contribution is 2.33. The van der Waals surface area contributed by atoms with Crippen LogP contribution in [-0.4, -0.2) is 25.2 Å². The van der Waals surface area contributed by atoms with E-state index in [1.165, 1.54) is 25.7 Å². The van der Waals surface area contributed by atoms with E-state index in [9.17, 15) is 9.59 Å². The number of unbranched alkanes of at least 4 members (excludes halogenated alkanes) is 6. The summed E-state index contributed by atoms with van der Waals surface area (Å²) in [6, 6.07) is 0. The summed E-state index contributed by atoms with van der Waals surface area (Å²) in [4.78, 5) is 24.8. The largest absolute Gasteiger partial charge is 0.465 e. The third kappa shape index (κ3) is 7.67. The number of hydrogen-bond donors (Lipinski definition) is 0. The molecular formula is C19H34O4. The van der Waals surface area contributed by atoms with Crippen LogP contribution in [0.3, 0.4) is 0 Å². The fourth-order valence-electron chi connectivity index (χ4n) is 2.72. The Hall–Kier alpha value is -1.32. The molecule has 0 aliphatic rings. The number of hydrogen-bond acceptors (Lipinski definition) is 4. The van der Waals surface area contributed by atoms with Crippen LogP contribution >= 0.6 is 0 Å². The van der Waals surface area contributed by atoms with Crippen molar-refractivity contribution in [1.82, 2.24) is 0 Å². The van der Waals surface area contributed by atoms with E-state index in [0.29, 0.717) is 6.42 Å². The third-order valence-corrected chi connectivity index (χ3v) is 4.03. The van der Waals surface area contributed by atoms with E-state index >= 15 is 0 Å². The number of allylic oxidation sites excluding steroid dienone is 1. The van der Waals surface area contributed by atoms with Gasteiger partial charge in [0.1, 0.15) is 0 Å². The highest BCUT2D eigenvalue weighted by atomic mass is 16.6. The van der Waals surface area contributed by atoms with Gasteiger partial charge in [-0.25, -0.2) is 0 Å². The van der Waals surface area contributed by atoms with Crippen LogP contribution in [0.2, 0.25) is 0 Å². The summed E-state index contributed by atoms with van der Waals surface area (Å²) in [5.74, 6) is -0.964. The second kappa shape index (κ2) is 13.1. The third-order valence-electron chi connectivity index (χ3n) is 4.03. The first-order chi connectivity index (χ1) is 11.1. The van der Waals surface area contributed by atoms with Gasteiger partial charge >= 0.3 is 11.9 Å². The van der Waals surface area contributed by atoms with Crippen LogP contribution in [0.4, 0.5) is 0 Å². The summed E-state index contributed by atoms with van der Waals surface area (Å²) in [6.07, 6.45) is 10.3. The first-order valence-corrected chi connectivity index (χ1v) is 9.04. The minimum Gasteiger partial charge on any atom is -0.465 e. The minimum atomic E-state index is -1.23. The molecule has 4 heteroatoms. The Morgan fingerprint density at radius 3 is 1.78 bits per heavy atom. The quantitative estimate of drug-likeness (QED) is 0.199. The van der Waals surface area contributed by atoms with Crippen molar-refractivity contribution in [2.45, 2.75) is 78.6 Å². The molecule has 0 aliphatic heterocycles. The molecule has 0 aromatic carbocycles. The molecule has 0 N–H and O–H groups in total. The lowest BCUT2D eigenvalue weighted by atomic mass is 9.79. The summed E-state index contributed by atoms with van der Waals surface area (Å²) in [5, 5.41) is 0. The fraction of sp³-hybridized carbons (Fsp3) is 0.789. The Bertz CT molecular complexity index is 331. The molecule has 0 saturated heterocycles. The zero-order valence-electron chi connectivity index (χ0n) is 15.2. The number of rotatable bonds is 14. The molecule has 0 spiro atoms. The Kier molecular flexibility index (Phi) is 12.4. The van der Waals surface area contributed by atoms with Crippen molar-refractivity contribution in [3.05, 3.63) is 12.7 Å². The average Bonchev–Trinajstić information content (AvgIpc) is 2.53. The minimum absolute atomic E-state index is 0.258. The Morgan fingerprint density at radius 2 is 1.35 bits per heavy atom. The van der Waals surface area contributed by atoms with Crippen molar-refractivity contribution in [2.75, 3.05) is 13.2 Å². The Morgan fingerprint density at radius 1 is 0.870 bits per heavy atom. The van der Waals surface area contributed by atoms with E-state index in [4.69, 9.17) is 9.47 Å². The summed E-state index contributed by atoms with van der Waals surface area (Å²) >= 11 is 0. The van der Waals surface area contributed by atoms with E-state index in [1.54, 1.807) is 19.9 Å². The standard InChI is InChI=1S/C19H34O4/c1-5-9-10-11-12-13-14-16-19(15-6-2,17(20)22-7-3)18(21)23-8-4/h6H,2,5,7-16H2,1,3-4H3. The van der Waals surface area contributed by atoms with Gasteiger partial charge in [-0.05, 0) is 26.7 Å². The van der Waals surface area contributed by atoms with Crippen molar-refractivity contribution in [3.63, 3.8) is 0 Å². The van der Waals surface area contributed by atoms with Crippen molar-refractivity contribution in [1.29, 1.82) is 0 Å². The molecule has 0 unspecified atom stereocenters. The summed E-state index contributed by atoms with van der Waals surface area (Å²) in [5.41, 5.74) is -1.23. The predicted molar refractivity (Wildman–Crippen MR) is 93.1 cm³/mol. The molecule has 0 radical (unpaired) electrons. The molecule has 0 fully saturated rings. The van der Waals surface area contributed by atoms with E-state index in [-0.39, 0.29) is 19.6 Å². The lowest BCUT2D eigenvalue weighted by molar-refractivity contribution is -0.172. The summed E-state index contributed by atoms with van der Waals surface area (Å²) in [6.45, 7) is 9.90. The van der Waals surface area contributed by atoms with Gasteiger partial charge < -0.3 is 9.47 Å². The monoisotopic (exact) mass is 326 g/mol. The van der Waals surface area contributed by atoms with Gasteiger partial charge in [-0.15, -0.1) is 6.58 Å². The van der Waals surface area contributed by atoms with Crippen LogP contribution in [-0.2, 0) is 19.1 Å². The number of ether oxygens (including phenoxy) is 2. The number of carbonyl (C=O) groups excluding carboxylic acids is 2. The van der Waals surface area contributed by atoms with Gasteiger partial charge in [-0.2, -0.15) is 0 Å². The highest BCUT2D eigenvalue weighted by Gasteiger charge is 2.47. The summed E-state index contributed by atoms with van der Waals surface area (Å²) < 4.78 is 10.3. The maximum Gasteiger partial charge on any atom is 0.323 e. The van der Waals surface area contributed by atoms with Gasteiger partial charge in [0, 0.05) is 0 Å². The normalized spacial score (nSPS) is 11.1. The van der Waals surface area contributed by atoms with E-state index in [1.807, 2.05) is 0 Å². The van der Waals surface area contributed by atoms with Gasteiger partial charge in [0.2, 0.25) is 0 Å². The molecular weight excluding hydrogens is 292 g/mol. The van der Waals surface area contributed by atoms with Crippen LogP contribution in [0.25, 0.3) is 0 Å². The van der Waals surface area contributed by atoms with Crippen LogP contribution in [0, 0.1) is 5.41 Å². The first-order valence-electron chi connectivity index (χ1n) is 9.04. The van der Waals surface area contributed by atoms with Gasteiger partial charge in [-0.3, -0.25) is 9.59 Å². The van der Waals surface area contributed by atoms with E-state index < -0.39 is 17.4 Å². The lowest BCUT2D eigenvalue weighted by Gasteiger charge is -2.28. The van der Waals surface area contributed by atoms with Crippen LogP contribution < -0.4 is 0 Å². The smallest absolute Gasteiger partial charge is 0.323 e. The zero-order chi connectivity index (χ0) is 17.6. The lowest BCUT2D eigenvalue weighted by Crippen LogP contribution is -2.42. The van der Waals surface area contributed by atoms with Gasteiger partial charge in [0.05, 0.1) is 13.2 Å². The molecule has 0 atom stereocenters. The molecule has 0 amide bonds. The van der Waals surface area contributed by atoms with E-state index in [0.717, 1.165) is 19.3 Å². The van der Waals surface area contributed by atoms with Crippen molar-refractivity contribution in [3.8, 4) is 0 Å². The molecule has 0 aromatic rings. The second-order valence-electron chi connectivity index (χ2n) is 5.89. The maximum absolute atomic E-state index is 12.4. The van der Waals surface area contributed by atoms with Gasteiger partial charge in [0.25, 0.3) is 0 Å². The fourth-order valence-corrected chi connectivity index (χ4v) is 2.72. The highest BCUT2D eigenvalue weighted by molar-refractivity contribution is 6.00. The van der Waals surface area contributed by atoms with Crippen molar-refractivity contribution >= 4 is 11.9 Å². The molecule has 0 rings (SSSR count). The maximum atomic E-state index is 12.4. The molecule has 0 aliphatic carbocycles. The molecule has 0 aromatic heterocycles. The Labute approximate surface area is 141 Å². The number of carbonyl (C=O) groups is 2. The number of esters is 2. The molecule has 23 heavy (non-hydrogen) atoms. The average molecular weight is 326 g/mol. The zero-order valence-corrected chi connectivity index (χ0v) is 15.2. The molecule has 0 bridgehead atoms. The summed E-state index contributed by atoms with van der Waals surface area (Å²) in [7, 11) is 0. The molecule has 0 heterocycles. The van der Waals surface area contributed by atoms with Gasteiger partial charge in [-0.1, -0.05) is 57.9 Å². The van der Waals surface area contributed by atoms with Gasteiger partial charge in [0.15, 0.2) is 5.41 Å².